The van der Waals surface area contributed by atoms with E-state index in [1.807, 2.05) is 26.0 Å². The molecular weight excluding hydrogens is 230 g/mol. The number of nitrogens with one attached hydrogen (secondary N) is 1. The average Bonchev–Trinajstić information content (AvgIpc) is 2.68. The fourth-order valence-electron chi connectivity index (χ4n) is 1.60. The summed E-state index contributed by atoms with van der Waals surface area (Å²) in [6, 6.07) is 3.71. The Morgan fingerprint density at radius 3 is 2.89 bits per heavy atom. The van der Waals surface area contributed by atoms with Gasteiger partial charge in [-0.15, -0.1) is 5.10 Å². The molecule has 0 spiro atoms. The first kappa shape index (κ1) is 12.2. The largest absolute Gasteiger partial charge is 0.288 e. The molecule has 0 saturated heterocycles. The molecule has 18 heavy (non-hydrogen) atoms. The van der Waals surface area contributed by atoms with Gasteiger partial charge in [0.2, 0.25) is 5.95 Å². The number of hydrogen-bond acceptors (Lipinski definition) is 4. The molecule has 0 bridgehead atoms. The molecule has 94 valence electrons. The molecule has 2 aromatic rings. The van der Waals surface area contributed by atoms with Crippen LogP contribution in [0.4, 0.5) is 5.95 Å². The van der Waals surface area contributed by atoms with Crippen molar-refractivity contribution in [2.24, 2.45) is 7.05 Å². The van der Waals surface area contributed by atoms with Crippen molar-refractivity contribution in [3.63, 3.8) is 0 Å². The Kier molecular flexibility index (Phi) is 3.36. The zero-order valence-electron chi connectivity index (χ0n) is 10.6. The molecule has 0 aliphatic rings. The van der Waals surface area contributed by atoms with Crippen LogP contribution >= 0.6 is 0 Å². The number of anilines is 1. The second kappa shape index (κ2) is 4.95. The number of rotatable bonds is 3. The minimum atomic E-state index is -0.280. The topological polar surface area (TPSA) is 72.7 Å². The molecule has 0 radical (unpaired) electrons. The van der Waals surface area contributed by atoms with Crippen molar-refractivity contribution in [1.82, 2.24) is 19.7 Å². The lowest BCUT2D eigenvalue weighted by Crippen LogP contribution is -2.17. The summed E-state index contributed by atoms with van der Waals surface area (Å²) >= 11 is 0. The van der Waals surface area contributed by atoms with Crippen LogP contribution in [0.1, 0.15) is 28.8 Å². The highest BCUT2D eigenvalue weighted by Gasteiger charge is 2.14. The third-order valence-corrected chi connectivity index (χ3v) is 2.69. The molecule has 2 rings (SSSR count). The van der Waals surface area contributed by atoms with Crippen LogP contribution in [0.5, 0.6) is 0 Å². The van der Waals surface area contributed by atoms with Crippen molar-refractivity contribution < 1.29 is 4.79 Å². The van der Waals surface area contributed by atoms with E-state index < -0.39 is 0 Å². The fraction of sp³-hybridized carbons (Fsp3) is 0.333. The Balaban J connectivity index is 2.22. The second-order valence-electron chi connectivity index (χ2n) is 3.93. The summed E-state index contributed by atoms with van der Waals surface area (Å²) in [4.78, 5) is 20.3. The van der Waals surface area contributed by atoms with Crippen molar-refractivity contribution in [2.45, 2.75) is 20.3 Å². The molecule has 0 fully saturated rings. The van der Waals surface area contributed by atoms with Gasteiger partial charge in [0.25, 0.3) is 5.91 Å². The van der Waals surface area contributed by atoms with Crippen molar-refractivity contribution in [3.05, 3.63) is 35.4 Å². The van der Waals surface area contributed by atoms with E-state index >= 15 is 0 Å². The maximum Gasteiger partial charge on any atom is 0.276 e. The fourth-order valence-corrected chi connectivity index (χ4v) is 1.60. The van der Waals surface area contributed by atoms with E-state index in [2.05, 4.69) is 20.4 Å². The van der Waals surface area contributed by atoms with Crippen LogP contribution in [0, 0.1) is 6.92 Å². The van der Waals surface area contributed by atoms with Crippen LogP contribution in [0.3, 0.4) is 0 Å². The molecule has 2 aromatic heterocycles. The first-order chi connectivity index (χ1) is 8.61. The van der Waals surface area contributed by atoms with Crippen LogP contribution < -0.4 is 5.32 Å². The van der Waals surface area contributed by atoms with Gasteiger partial charge < -0.3 is 0 Å². The standard InChI is InChI=1S/C12H15N5O/c1-4-9-6-5-7-13-10(9)11(18)15-12-14-8(2)17(3)16-12/h5-7H,4H2,1-3H3,(H,15,16,18). The molecule has 6 nitrogen and oxygen atoms in total. The lowest BCUT2D eigenvalue weighted by Gasteiger charge is -2.04. The number of aryl methyl sites for hydroxylation is 3. The van der Waals surface area contributed by atoms with E-state index in [4.69, 9.17) is 0 Å². The summed E-state index contributed by atoms with van der Waals surface area (Å²) in [5.74, 6) is 0.757. The maximum absolute atomic E-state index is 12.1. The Hall–Kier alpha value is -2.24. The summed E-state index contributed by atoms with van der Waals surface area (Å²) < 4.78 is 1.61. The van der Waals surface area contributed by atoms with Crippen LogP contribution in [0.25, 0.3) is 0 Å². The molecule has 0 saturated carbocycles. The summed E-state index contributed by atoms with van der Waals surface area (Å²) in [5.41, 5.74) is 1.33. The molecule has 0 unspecified atom stereocenters. The van der Waals surface area contributed by atoms with Crippen molar-refractivity contribution in [2.75, 3.05) is 5.32 Å². The SMILES string of the molecule is CCc1cccnc1C(=O)Nc1nc(C)n(C)n1. The molecule has 0 aromatic carbocycles. The summed E-state index contributed by atoms with van der Waals surface area (Å²) in [5, 5.41) is 6.73. The highest BCUT2D eigenvalue weighted by molar-refractivity contribution is 6.02. The number of pyridine rings is 1. The molecular formula is C12H15N5O. The predicted octanol–water partition coefficient (Wildman–Crippen LogP) is 1.33. The molecule has 1 amide bonds. The van der Waals surface area contributed by atoms with Crippen LogP contribution in [0.15, 0.2) is 18.3 Å². The predicted molar refractivity (Wildman–Crippen MR) is 67.3 cm³/mol. The van der Waals surface area contributed by atoms with Crippen molar-refractivity contribution >= 4 is 11.9 Å². The summed E-state index contributed by atoms with van der Waals surface area (Å²) in [6.45, 7) is 3.80. The van der Waals surface area contributed by atoms with Gasteiger partial charge in [-0.05, 0) is 25.0 Å². The quantitative estimate of drug-likeness (QED) is 0.885. The lowest BCUT2D eigenvalue weighted by molar-refractivity contribution is 0.102. The Labute approximate surface area is 105 Å². The zero-order chi connectivity index (χ0) is 13.1. The number of amides is 1. The third-order valence-electron chi connectivity index (χ3n) is 2.69. The summed E-state index contributed by atoms with van der Waals surface area (Å²) in [6.07, 6.45) is 2.36. The minimum absolute atomic E-state index is 0.280. The van der Waals surface area contributed by atoms with Gasteiger partial charge in [0.1, 0.15) is 11.5 Å². The average molecular weight is 245 g/mol. The van der Waals surface area contributed by atoms with Crippen molar-refractivity contribution in [1.29, 1.82) is 0 Å². The van der Waals surface area contributed by atoms with Gasteiger partial charge in [-0.1, -0.05) is 13.0 Å². The monoisotopic (exact) mass is 245 g/mol. The van der Waals surface area contributed by atoms with Gasteiger partial charge in [-0.2, -0.15) is 4.98 Å². The van der Waals surface area contributed by atoms with Gasteiger partial charge in [-0.3, -0.25) is 19.8 Å². The van der Waals surface area contributed by atoms with E-state index in [0.29, 0.717) is 11.6 Å². The van der Waals surface area contributed by atoms with Gasteiger partial charge in [-0.25, -0.2) is 0 Å². The summed E-state index contributed by atoms with van der Waals surface area (Å²) in [7, 11) is 1.77. The number of hydrogen-bond donors (Lipinski definition) is 1. The zero-order valence-corrected chi connectivity index (χ0v) is 10.6. The Bertz CT molecular complexity index is 556. The van der Waals surface area contributed by atoms with Gasteiger partial charge >= 0.3 is 0 Å². The molecule has 0 aliphatic carbocycles. The lowest BCUT2D eigenvalue weighted by atomic mass is 10.1. The maximum atomic E-state index is 12.1. The first-order valence-corrected chi connectivity index (χ1v) is 5.74. The third kappa shape index (κ3) is 2.37. The van der Waals surface area contributed by atoms with Gasteiger partial charge in [0.15, 0.2) is 0 Å². The highest BCUT2D eigenvalue weighted by Crippen LogP contribution is 2.09. The number of carbonyl (C=O) groups is 1. The number of carbonyl (C=O) groups excluding carboxylic acids is 1. The van der Waals surface area contributed by atoms with E-state index in [9.17, 15) is 4.79 Å². The normalized spacial score (nSPS) is 10.4. The molecule has 1 N–H and O–H groups in total. The number of aromatic nitrogens is 4. The Morgan fingerprint density at radius 2 is 2.28 bits per heavy atom. The van der Waals surface area contributed by atoms with E-state index in [-0.39, 0.29) is 5.91 Å². The van der Waals surface area contributed by atoms with Crippen LogP contribution in [-0.4, -0.2) is 25.7 Å². The van der Waals surface area contributed by atoms with E-state index in [1.54, 1.807) is 17.9 Å². The van der Waals surface area contributed by atoms with Gasteiger partial charge in [0.05, 0.1) is 0 Å². The van der Waals surface area contributed by atoms with Crippen molar-refractivity contribution in [3.8, 4) is 0 Å². The number of nitrogens with zero attached hydrogens (tertiary/aromatic N) is 4. The van der Waals surface area contributed by atoms with Crippen LogP contribution in [-0.2, 0) is 13.5 Å². The Morgan fingerprint density at radius 1 is 1.50 bits per heavy atom. The van der Waals surface area contributed by atoms with Crippen LogP contribution in [0.2, 0.25) is 0 Å². The molecule has 0 aliphatic heterocycles. The van der Waals surface area contributed by atoms with E-state index in [1.165, 1.54) is 0 Å². The van der Waals surface area contributed by atoms with Gasteiger partial charge in [0, 0.05) is 13.2 Å². The second-order valence-corrected chi connectivity index (χ2v) is 3.93. The minimum Gasteiger partial charge on any atom is -0.288 e. The molecule has 2 heterocycles. The molecule has 0 atom stereocenters. The smallest absolute Gasteiger partial charge is 0.276 e. The molecule has 6 heteroatoms. The first-order valence-electron chi connectivity index (χ1n) is 5.74. The van der Waals surface area contributed by atoms with E-state index in [0.717, 1.165) is 17.8 Å². The highest BCUT2D eigenvalue weighted by atomic mass is 16.2.